The van der Waals surface area contributed by atoms with Crippen molar-refractivity contribution in [3.63, 3.8) is 0 Å². The normalized spacial score (nSPS) is 34.7. The molecule has 110 valence electrons. The van der Waals surface area contributed by atoms with E-state index in [0.29, 0.717) is 24.3 Å². The second-order valence-corrected chi connectivity index (χ2v) is 6.53. The zero-order valence-electron chi connectivity index (χ0n) is 12.1. The van der Waals surface area contributed by atoms with Gasteiger partial charge < -0.3 is 14.8 Å². The molecule has 3 heteroatoms. The molecule has 0 unspecified atom stereocenters. The van der Waals surface area contributed by atoms with E-state index in [1.165, 1.54) is 64.2 Å². The first kappa shape index (κ1) is 13.8. The molecule has 0 aromatic heterocycles. The second kappa shape index (κ2) is 7.05. The third kappa shape index (κ3) is 3.93. The van der Waals surface area contributed by atoms with E-state index in [4.69, 9.17) is 9.47 Å². The number of hydrogen-bond donors (Lipinski definition) is 1. The molecule has 2 saturated carbocycles. The Morgan fingerprint density at radius 1 is 0.789 bits per heavy atom. The van der Waals surface area contributed by atoms with Gasteiger partial charge in [0.25, 0.3) is 0 Å². The fraction of sp³-hybridized carbons (Fsp3) is 1.00. The van der Waals surface area contributed by atoms with Crippen LogP contribution in [0, 0.1) is 0 Å². The number of hydrogen-bond acceptors (Lipinski definition) is 3. The minimum Gasteiger partial charge on any atom is -0.381 e. The van der Waals surface area contributed by atoms with Crippen molar-refractivity contribution in [2.75, 3.05) is 13.2 Å². The van der Waals surface area contributed by atoms with Gasteiger partial charge in [0.05, 0.1) is 12.2 Å². The van der Waals surface area contributed by atoms with Crippen molar-refractivity contribution < 1.29 is 9.47 Å². The number of ether oxygens (including phenoxy) is 2. The van der Waals surface area contributed by atoms with Crippen LogP contribution in [0.3, 0.4) is 0 Å². The van der Waals surface area contributed by atoms with Crippen LogP contribution < -0.4 is 5.32 Å². The molecule has 0 aromatic rings. The standard InChI is InChI=1S/C16H29NO2/c1-2-6-14(5-1)19-16-8-4-3-7-15(16)17-13-9-11-18-12-10-13/h13-17H,1-12H2/t15-,16+/m1/s1. The molecule has 0 aromatic carbocycles. The maximum Gasteiger partial charge on any atom is 0.0731 e. The molecule has 3 fully saturated rings. The molecule has 2 atom stereocenters. The zero-order chi connectivity index (χ0) is 12.9. The molecule has 19 heavy (non-hydrogen) atoms. The highest BCUT2D eigenvalue weighted by molar-refractivity contribution is 4.87. The molecule has 0 amide bonds. The Balaban J connectivity index is 1.50. The van der Waals surface area contributed by atoms with Crippen molar-refractivity contribution in [1.29, 1.82) is 0 Å². The van der Waals surface area contributed by atoms with Gasteiger partial charge in [-0.1, -0.05) is 25.7 Å². The molecule has 0 spiro atoms. The molecule has 1 N–H and O–H groups in total. The molecule has 0 bridgehead atoms. The van der Waals surface area contributed by atoms with Gasteiger partial charge in [0.15, 0.2) is 0 Å². The van der Waals surface area contributed by atoms with Crippen molar-refractivity contribution >= 4 is 0 Å². The van der Waals surface area contributed by atoms with E-state index in [1.807, 2.05) is 0 Å². The Morgan fingerprint density at radius 3 is 2.26 bits per heavy atom. The predicted octanol–water partition coefficient (Wildman–Crippen LogP) is 3.03. The summed E-state index contributed by atoms with van der Waals surface area (Å²) in [5.74, 6) is 0. The number of rotatable bonds is 4. The summed E-state index contributed by atoms with van der Waals surface area (Å²) in [5, 5.41) is 3.88. The van der Waals surface area contributed by atoms with E-state index in [2.05, 4.69) is 5.32 Å². The van der Waals surface area contributed by atoms with Crippen LogP contribution in [-0.2, 0) is 9.47 Å². The molecular weight excluding hydrogens is 238 g/mol. The molecule has 1 saturated heterocycles. The van der Waals surface area contributed by atoms with Crippen LogP contribution >= 0.6 is 0 Å². The molecule has 0 radical (unpaired) electrons. The van der Waals surface area contributed by atoms with Gasteiger partial charge in [-0.3, -0.25) is 0 Å². The van der Waals surface area contributed by atoms with Crippen LogP contribution in [0.2, 0.25) is 0 Å². The van der Waals surface area contributed by atoms with E-state index >= 15 is 0 Å². The molecule has 3 rings (SSSR count). The highest BCUT2D eigenvalue weighted by Crippen LogP contribution is 2.28. The summed E-state index contributed by atoms with van der Waals surface area (Å²) in [6.07, 6.45) is 14.0. The quantitative estimate of drug-likeness (QED) is 0.849. The molecule has 3 aliphatic rings. The third-order valence-electron chi connectivity index (χ3n) is 5.04. The fourth-order valence-electron chi connectivity index (χ4n) is 3.89. The van der Waals surface area contributed by atoms with Gasteiger partial charge in [0.1, 0.15) is 0 Å². The Morgan fingerprint density at radius 2 is 1.47 bits per heavy atom. The van der Waals surface area contributed by atoms with Crippen molar-refractivity contribution in [3.8, 4) is 0 Å². The first-order chi connectivity index (χ1) is 9.42. The maximum absolute atomic E-state index is 6.41. The summed E-state index contributed by atoms with van der Waals surface area (Å²) < 4.78 is 11.9. The lowest BCUT2D eigenvalue weighted by Gasteiger charge is -2.37. The van der Waals surface area contributed by atoms with Crippen molar-refractivity contribution in [2.45, 2.75) is 88.5 Å². The molecule has 3 nitrogen and oxygen atoms in total. The minimum atomic E-state index is 0.472. The van der Waals surface area contributed by atoms with Crippen LogP contribution in [0.1, 0.15) is 64.2 Å². The average Bonchev–Trinajstić information content (AvgIpc) is 2.95. The summed E-state index contributed by atoms with van der Waals surface area (Å²) >= 11 is 0. The van der Waals surface area contributed by atoms with E-state index in [9.17, 15) is 0 Å². The van der Waals surface area contributed by atoms with Crippen LogP contribution in [0.15, 0.2) is 0 Å². The van der Waals surface area contributed by atoms with Gasteiger partial charge in [-0.05, 0) is 38.5 Å². The van der Waals surface area contributed by atoms with Crippen molar-refractivity contribution in [2.24, 2.45) is 0 Å². The van der Waals surface area contributed by atoms with Gasteiger partial charge in [0.2, 0.25) is 0 Å². The third-order valence-corrected chi connectivity index (χ3v) is 5.04. The largest absolute Gasteiger partial charge is 0.381 e. The maximum atomic E-state index is 6.41. The molecule has 2 aliphatic carbocycles. The topological polar surface area (TPSA) is 30.5 Å². The lowest BCUT2D eigenvalue weighted by Crippen LogP contribution is -2.50. The zero-order valence-corrected chi connectivity index (χ0v) is 12.1. The highest BCUT2D eigenvalue weighted by atomic mass is 16.5. The smallest absolute Gasteiger partial charge is 0.0731 e. The summed E-state index contributed by atoms with van der Waals surface area (Å²) in [5.41, 5.74) is 0. The van der Waals surface area contributed by atoms with E-state index in [-0.39, 0.29) is 0 Å². The van der Waals surface area contributed by atoms with Gasteiger partial charge in [-0.2, -0.15) is 0 Å². The first-order valence-corrected chi connectivity index (χ1v) is 8.41. The van der Waals surface area contributed by atoms with E-state index < -0.39 is 0 Å². The molecule has 1 heterocycles. The summed E-state index contributed by atoms with van der Waals surface area (Å²) in [6, 6.07) is 1.25. The van der Waals surface area contributed by atoms with Crippen LogP contribution in [0.25, 0.3) is 0 Å². The second-order valence-electron chi connectivity index (χ2n) is 6.53. The fourth-order valence-corrected chi connectivity index (χ4v) is 3.89. The number of nitrogens with one attached hydrogen (secondary N) is 1. The van der Waals surface area contributed by atoms with Gasteiger partial charge in [-0.15, -0.1) is 0 Å². The Labute approximate surface area is 117 Å². The van der Waals surface area contributed by atoms with Gasteiger partial charge >= 0.3 is 0 Å². The average molecular weight is 267 g/mol. The monoisotopic (exact) mass is 267 g/mol. The Kier molecular flexibility index (Phi) is 5.14. The Bertz CT molecular complexity index is 259. The molecular formula is C16H29NO2. The highest BCUT2D eigenvalue weighted by Gasteiger charge is 2.31. The van der Waals surface area contributed by atoms with E-state index in [1.54, 1.807) is 0 Å². The molecule has 1 aliphatic heterocycles. The van der Waals surface area contributed by atoms with E-state index in [0.717, 1.165) is 13.2 Å². The SMILES string of the molecule is C1CCC(O[C@H]2CCCC[C@H]2NC2CCOCC2)C1. The summed E-state index contributed by atoms with van der Waals surface area (Å²) in [4.78, 5) is 0. The lowest BCUT2D eigenvalue weighted by atomic mass is 9.91. The van der Waals surface area contributed by atoms with Gasteiger partial charge in [0, 0.05) is 25.3 Å². The summed E-state index contributed by atoms with van der Waals surface area (Å²) in [7, 11) is 0. The van der Waals surface area contributed by atoms with Crippen molar-refractivity contribution in [3.05, 3.63) is 0 Å². The van der Waals surface area contributed by atoms with Crippen LogP contribution in [0.4, 0.5) is 0 Å². The minimum absolute atomic E-state index is 0.472. The predicted molar refractivity (Wildman–Crippen MR) is 76.4 cm³/mol. The Hall–Kier alpha value is -0.120. The van der Waals surface area contributed by atoms with Gasteiger partial charge in [-0.25, -0.2) is 0 Å². The van der Waals surface area contributed by atoms with Crippen LogP contribution in [-0.4, -0.2) is 37.5 Å². The summed E-state index contributed by atoms with van der Waals surface area (Å²) in [6.45, 7) is 1.86. The lowest BCUT2D eigenvalue weighted by molar-refractivity contribution is -0.0485. The first-order valence-electron chi connectivity index (χ1n) is 8.41. The van der Waals surface area contributed by atoms with Crippen LogP contribution in [0.5, 0.6) is 0 Å². The van der Waals surface area contributed by atoms with Crippen molar-refractivity contribution in [1.82, 2.24) is 5.32 Å².